The number of hydrogen-bond donors (Lipinski definition) is 0. The summed E-state index contributed by atoms with van der Waals surface area (Å²) >= 11 is 6.69. The van der Waals surface area contributed by atoms with Gasteiger partial charge in [0.25, 0.3) is 0 Å². The van der Waals surface area contributed by atoms with Crippen LogP contribution in [0.25, 0.3) is 0 Å². The highest BCUT2D eigenvalue weighted by Gasteiger charge is 2.14. The van der Waals surface area contributed by atoms with Crippen molar-refractivity contribution in [2.24, 2.45) is 0 Å². The number of aldehydes is 1. The van der Waals surface area contributed by atoms with Gasteiger partial charge in [-0.15, -0.1) is 0 Å². The second-order valence-corrected chi connectivity index (χ2v) is 6.80. The van der Waals surface area contributed by atoms with E-state index in [1.165, 1.54) is 0 Å². The maximum atomic E-state index is 11.1. The molecular weight excluding hydrogens is 573 g/mol. The standard InChI is InChI=1S/C12H13I3O3/c1-2-3-17-4-5-18-12-8(7-16)6-9(13)10(14)11(12)15/h6-7H,2-5H2,1H3. The minimum atomic E-state index is 0.466. The van der Waals surface area contributed by atoms with Gasteiger partial charge in [-0.25, -0.2) is 0 Å². The monoisotopic (exact) mass is 586 g/mol. The first-order valence-corrected chi connectivity index (χ1v) is 8.68. The van der Waals surface area contributed by atoms with Crippen molar-refractivity contribution in [3.63, 3.8) is 0 Å². The molecule has 3 nitrogen and oxygen atoms in total. The summed E-state index contributed by atoms with van der Waals surface area (Å²) in [5.74, 6) is 0.663. The Morgan fingerprint density at radius 1 is 1.17 bits per heavy atom. The molecule has 18 heavy (non-hydrogen) atoms. The van der Waals surface area contributed by atoms with E-state index in [1.807, 2.05) is 6.07 Å². The Labute approximate surface area is 148 Å². The highest BCUT2D eigenvalue weighted by molar-refractivity contribution is 14.1. The van der Waals surface area contributed by atoms with Crippen molar-refractivity contribution >= 4 is 74.1 Å². The van der Waals surface area contributed by atoms with E-state index >= 15 is 0 Å². The van der Waals surface area contributed by atoms with E-state index in [9.17, 15) is 4.79 Å². The molecule has 0 saturated carbocycles. The van der Waals surface area contributed by atoms with Gasteiger partial charge < -0.3 is 9.47 Å². The fraction of sp³-hybridized carbons (Fsp3) is 0.417. The highest BCUT2D eigenvalue weighted by Crippen LogP contribution is 2.32. The largest absolute Gasteiger partial charge is 0.489 e. The van der Waals surface area contributed by atoms with Crippen molar-refractivity contribution in [1.82, 2.24) is 0 Å². The lowest BCUT2D eigenvalue weighted by Crippen LogP contribution is -2.10. The van der Waals surface area contributed by atoms with Gasteiger partial charge >= 0.3 is 0 Å². The lowest BCUT2D eigenvalue weighted by Gasteiger charge is -2.13. The summed E-state index contributed by atoms with van der Waals surface area (Å²) in [7, 11) is 0. The number of carbonyl (C=O) groups excluding carboxylic acids is 1. The Bertz CT molecular complexity index is 422. The van der Waals surface area contributed by atoms with Crippen LogP contribution in [0.2, 0.25) is 0 Å². The predicted molar refractivity (Wildman–Crippen MR) is 96.6 cm³/mol. The number of benzene rings is 1. The van der Waals surface area contributed by atoms with Crippen molar-refractivity contribution in [1.29, 1.82) is 0 Å². The van der Waals surface area contributed by atoms with Crippen LogP contribution in [-0.2, 0) is 4.74 Å². The molecule has 0 heterocycles. The number of halogens is 3. The molecule has 0 aromatic heterocycles. The second-order valence-electron chi connectivity index (χ2n) is 3.48. The van der Waals surface area contributed by atoms with Crippen LogP contribution in [0.15, 0.2) is 6.07 Å². The third kappa shape index (κ3) is 4.75. The molecule has 0 aliphatic carbocycles. The Balaban J connectivity index is 2.75. The molecule has 0 unspecified atom stereocenters. The topological polar surface area (TPSA) is 35.5 Å². The van der Waals surface area contributed by atoms with Crippen LogP contribution in [0.5, 0.6) is 5.75 Å². The smallest absolute Gasteiger partial charge is 0.153 e. The van der Waals surface area contributed by atoms with Crippen molar-refractivity contribution in [2.75, 3.05) is 19.8 Å². The molecule has 0 spiro atoms. The number of ether oxygens (including phenoxy) is 2. The molecular formula is C12H13I3O3. The molecule has 0 bridgehead atoms. The van der Waals surface area contributed by atoms with E-state index in [4.69, 9.17) is 9.47 Å². The summed E-state index contributed by atoms with van der Waals surface area (Å²) in [5, 5.41) is 0. The molecule has 0 amide bonds. The Hall–Kier alpha value is 0.840. The molecule has 0 N–H and O–H groups in total. The Kier molecular flexibility index (Phi) is 8.35. The first kappa shape index (κ1) is 16.9. The maximum Gasteiger partial charge on any atom is 0.153 e. The molecule has 100 valence electrons. The molecule has 0 aliphatic rings. The minimum absolute atomic E-state index is 0.466. The normalized spacial score (nSPS) is 10.4. The molecule has 0 radical (unpaired) electrons. The first-order chi connectivity index (χ1) is 8.61. The number of hydrogen-bond acceptors (Lipinski definition) is 3. The molecule has 0 atom stereocenters. The van der Waals surface area contributed by atoms with Gasteiger partial charge in [-0.2, -0.15) is 0 Å². The van der Waals surface area contributed by atoms with Gasteiger partial charge in [0.2, 0.25) is 0 Å². The summed E-state index contributed by atoms with van der Waals surface area (Å²) in [6.07, 6.45) is 1.83. The van der Waals surface area contributed by atoms with Crippen LogP contribution in [0.1, 0.15) is 23.7 Å². The molecule has 1 aromatic carbocycles. The van der Waals surface area contributed by atoms with E-state index in [-0.39, 0.29) is 0 Å². The summed E-state index contributed by atoms with van der Waals surface area (Å²) in [6, 6.07) is 1.85. The summed E-state index contributed by atoms with van der Waals surface area (Å²) in [6.45, 7) is 3.82. The Morgan fingerprint density at radius 3 is 2.50 bits per heavy atom. The van der Waals surface area contributed by atoms with Crippen molar-refractivity contribution in [2.45, 2.75) is 13.3 Å². The van der Waals surface area contributed by atoms with Gasteiger partial charge in [0.15, 0.2) is 6.29 Å². The second kappa shape index (κ2) is 8.90. The lowest BCUT2D eigenvalue weighted by atomic mass is 10.2. The minimum Gasteiger partial charge on any atom is -0.489 e. The van der Waals surface area contributed by atoms with Crippen molar-refractivity contribution < 1.29 is 14.3 Å². The van der Waals surface area contributed by atoms with Gasteiger partial charge in [-0.3, -0.25) is 4.79 Å². The van der Waals surface area contributed by atoms with Gasteiger partial charge in [0.1, 0.15) is 12.4 Å². The van der Waals surface area contributed by atoms with Crippen LogP contribution < -0.4 is 4.74 Å². The van der Waals surface area contributed by atoms with Crippen LogP contribution >= 0.6 is 67.8 Å². The third-order valence-electron chi connectivity index (χ3n) is 2.10. The summed E-state index contributed by atoms with van der Waals surface area (Å²) in [4.78, 5) is 11.1. The lowest BCUT2D eigenvalue weighted by molar-refractivity contribution is 0.0988. The highest BCUT2D eigenvalue weighted by atomic mass is 127. The van der Waals surface area contributed by atoms with E-state index in [0.717, 1.165) is 30.0 Å². The first-order valence-electron chi connectivity index (χ1n) is 5.45. The van der Waals surface area contributed by atoms with E-state index in [0.29, 0.717) is 24.5 Å². The SMILES string of the molecule is CCCOCCOc1c(C=O)cc(I)c(I)c1I. The molecule has 1 aromatic rings. The average molecular weight is 586 g/mol. The van der Waals surface area contributed by atoms with Crippen molar-refractivity contribution in [3.8, 4) is 5.75 Å². The van der Waals surface area contributed by atoms with Gasteiger partial charge in [-0.05, 0) is 80.3 Å². The van der Waals surface area contributed by atoms with Crippen LogP contribution in [0.4, 0.5) is 0 Å². The van der Waals surface area contributed by atoms with E-state index in [2.05, 4.69) is 74.7 Å². The number of rotatable bonds is 7. The number of carbonyl (C=O) groups is 1. The van der Waals surface area contributed by atoms with E-state index in [1.54, 1.807) is 0 Å². The maximum absolute atomic E-state index is 11.1. The van der Waals surface area contributed by atoms with Crippen molar-refractivity contribution in [3.05, 3.63) is 22.3 Å². The zero-order chi connectivity index (χ0) is 13.5. The zero-order valence-corrected chi connectivity index (χ0v) is 16.3. The quantitative estimate of drug-likeness (QED) is 0.209. The van der Waals surface area contributed by atoms with Gasteiger partial charge in [0.05, 0.1) is 15.7 Å². The molecule has 0 fully saturated rings. The molecule has 1 rings (SSSR count). The summed E-state index contributed by atoms with van der Waals surface area (Å²) in [5.41, 5.74) is 0.597. The molecule has 6 heteroatoms. The zero-order valence-electron chi connectivity index (χ0n) is 9.84. The third-order valence-corrected chi connectivity index (χ3v) is 7.16. The van der Waals surface area contributed by atoms with Crippen LogP contribution in [-0.4, -0.2) is 26.1 Å². The van der Waals surface area contributed by atoms with Gasteiger partial charge in [-0.1, -0.05) is 6.92 Å². The van der Waals surface area contributed by atoms with E-state index < -0.39 is 0 Å². The van der Waals surface area contributed by atoms with Crippen LogP contribution in [0.3, 0.4) is 0 Å². The fourth-order valence-corrected chi connectivity index (χ4v) is 3.56. The van der Waals surface area contributed by atoms with Crippen LogP contribution in [0, 0.1) is 10.7 Å². The fourth-order valence-electron chi connectivity index (χ4n) is 1.28. The Morgan fingerprint density at radius 2 is 1.89 bits per heavy atom. The summed E-state index contributed by atoms with van der Waals surface area (Å²) < 4.78 is 14.2. The van der Waals surface area contributed by atoms with Gasteiger partial charge in [0, 0.05) is 13.7 Å². The molecule has 0 saturated heterocycles. The predicted octanol–water partition coefficient (Wildman–Crippen LogP) is 4.12. The molecule has 0 aliphatic heterocycles. The average Bonchev–Trinajstić information content (AvgIpc) is 2.37.